The highest BCUT2D eigenvalue weighted by atomic mass is 16.7. The van der Waals surface area contributed by atoms with Gasteiger partial charge in [-0.1, -0.05) is 12.1 Å². The first-order valence-electron chi connectivity index (χ1n) is 6.18. The van der Waals surface area contributed by atoms with Crippen LogP contribution in [-0.4, -0.2) is 64.2 Å². The van der Waals surface area contributed by atoms with Crippen molar-refractivity contribution in [1.82, 2.24) is 0 Å². The molecule has 0 spiro atoms. The summed E-state index contributed by atoms with van der Waals surface area (Å²) in [7, 11) is 1.09. The number of esters is 1. The average Bonchev–Trinajstić information content (AvgIpc) is 2.49. The van der Waals surface area contributed by atoms with Gasteiger partial charge in [-0.25, -0.2) is 4.79 Å². The maximum Gasteiger partial charge on any atom is 0.337 e. The van der Waals surface area contributed by atoms with Gasteiger partial charge in [0.1, 0.15) is 18.3 Å². The standard InChI is InChI=1S/C13H16O8/c1-19-12(18)11-9(16)8(15)10(17)13(21-11)20-7-5-3-2-4-6(7)14/h2-5,8-11,13-17H,1H3. The van der Waals surface area contributed by atoms with E-state index in [1.165, 1.54) is 12.1 Å². The van der Waals surface area contributed by atoms with Crippen molar-refractivity contribution in [2.45, 2.75) is 30.7 Å². The molecule has 2 rings (SSSR count). The summed E-state index contributed by atoms with van der Waals surface area (Å²) in [4.78, 5) is 11.5. The van der Waals surface area contributed by atoms with Gasteiger partial charge in [0.25, 0.3) is 0 Å². The summed E-state index contributed by atoms with van der Waals surface area (Å²) in [6, 6.07) is 5.91. The first-order valence-corrected chi connectivity index (χ1v) is 6.18. The lowest BCUT2D eigenvalue weighted by Gasteiger charge is -2.38. The van der Waals surface area contributed by atoms with Crippen LogP contribution in [0.5, 0.6) is 11.5 Å². The Morgan fingerprint density at radius 1 is 1.14 bits per heavy atom. The highest BCUT2D eigenvalue weighted by Gasteiger charge is 2.48. The van der Waals surface area contributed by atoms with Gasteiger partial charge in [-0.15, -0.1) is 0 Å². The molecule has 0 bridgehead atoms. The van der Waals surface area contributed by atoms with Crippen LogP contribution in [0.4, 0.5) is 0 Å². The highest BCUT2D eigenvalue weighted by Crippen LogP contribution is 2.30. The van der Waals surface area contributed by atoms with E-state index in [0.717, 1.165) is 7.11 Å². The van der Waals surface area contributed by atoms with Gasteiger partial charge in [-0.05, 0) is 12.1 Å². The van der Waals surface area contributed by atoms with Crippen molar-refractivity contribution in [3.63, 3.8) is 0 Å². The molecular weight excluding hydrogens is 284 g/mol. The van der Waals surface area contributed by atoms with Crippen molar-refractivity contribution >= 4 is 5.97 Å². The maximum absolute atomic E-state index is 11.5. The molecule has 1 fully saturated rings. The molecular formula is C13H16O8. The summed E-state index contributed by atoms with van der Waals surface area (Å²) < 4.78 is 14.8. The van der Waals surface area contributed by atoms with Crippen LogP contribution in [0.15, 0.2) is 24.3 Å². The zero-order chi connectivity index (χ0) is 15.6. The Morgan fingerprint density at radius 3 is 2.43 bits per heavy atom. The Bertz CT molecular complexity index is 505. The first-order chi connectivity index (χ1) is 9.95. The van der Waals surface area contributed by atoms with Crippen LogP contribution in [0.1, 0.15) is 0 Å². The minimum absolute atomic E-state index is 0.00578. The van der Waals surface area contributed by atoms with Crippen molar-refractivity contribution in [1.29, 1.82) is 0 Å². The third kappa shape index (κ3) is 3.08. The molecule has 1 aliphatic rings. The molecule has 1 saturated heterocycles. The molecule has 116 valence electrons. The van der Waals surface area contributed by atoms with E-state index in [1.54, 1.807) is 12.1 Å². The lowest BCUT2D eigenvalue weighted by atomic mass is 9.99. The second kappa shape index (κ2) is 6.27. The molecule has 5 unspecified atom stereocenters. The number of rotatable bonds is 3. The second-order valence-electron chi connectivity index (χ2n) is 4.51. The van der Waals surface area contributed by atoms with Crippen LogP contribution in [-0.2, 0) is 14.3 Å². The van der Waals surface area contributed by atoms with Crippen molar-refractivity contribution in [3.05, 3.63) is 24.3 Å². The Kier molecular flexibility index (Phi) is 4.63. The fraction of sp³-hybridized carbons (Fsp3) is 0.462. The van der Waals surface area contributed by atoms with Crippen LogP contribution >= 0.6 is 0 Å². The number of benzene rings is 1. The Morgan fingerprint density at radius 2 is 1.81 bits per heavy atom. The third-order valence-electron chi connectivity index (χ3n) is 3.11. The first kappa shape index (κ1) is 15.5. The van der Waals surface area contributed by atoms with Gasteiger partial charge >= 0.3 is 5.97 Å². The van der Waals surface area contributed by atoms with Crippen molar-refractivity contribution in [3.8, 4) is 11.5 Å². The van der Waals surface area contributed by atoms with E-state index in [1.807, 2.05) is 0 Å². The molecule has 0 saturated carbocycles. The molecule has 5 atom stereocenters. The fourth-order valence-corrected chi connectivity index (χ4v) is 1.94. The predicted octanol–water partition coefficient (Wildman–Crippen LogP) is -1.25. The number of carbonyl (C=O) groups is 1. The van der Waals surface area contributed by atoms with Gasteiger partial charge < -0.3 is 34.6 Å². The summed E-state index contributed by atoms with van der Waals surface area (Å²) in [5, 5.41) is 38.9. The highest BCUT2D eigenvalue weighted by molar-refractivity contribution is 5.75. The molecule has 0 aliphatic carbocycles. The van der Waals surface area contributed by atoms with Gasteiger partial charge in [0, 0.05) is 0 Å². The maximum atomic E-state index is 11.5. The molecule has 1 heterocycles. The van der Waals surface area contributed by atoms with E-state index in [2.05, 4.69) is 4.74 Å². The Balaban J connectivity index is 2.18. The number of carbonyl (C=O) groups excluding carboxylic acids is 1. The fourth-order valence-electron chi connectivity index (χ4n) is 1.94. The number of phenolic OH excluding ortho intramolecular Hbond substituents is 1. The number of methoxy groups -OCH3 is 1. The molecule has 1 aromatic carbocycles. The number of ether oxygens (including phenoxy) is 3. The largest absolute Gasteiger partial charge is 0.504 e. The van der Waals surface area contributed by atoms with E-state index in [4.69, 9.17) is 9.47 Å². The normalized spacial score (nSPS) is 32.5. The summed E-state index contributed by atoms with van der Waals surface area (Å²) in [6.45, 7) is 0. The molecule has 8 nitrogen and oxygen atoms in total. The van der Waals surface area contributed by atoms with Crippen LogP contribution in [0.2, 0.25) is 0 Å². The summed E-state index contributed by atoms with van der Waals surface area (Å²) in [5.74, 6) is -1.13. The van der Waals surface area contributed by atoms with Gasteiger partial charge in [0.15, 0.2) is 17.6 Å². The SMILES string of the molecule is COC(=O)C1OC(Oc2ccccc2O)C(O)C(O)C1O. The number of phenols is 1. The molecule has 0 radical (unpaired) electrons. The summed E-state index contributed by atoms with van der Waals surface area (Å²) >= 11 is 0. The van der Waals surface area contributed by atoms with Crippen LogP contribution in [0, 0.1) is 0 Å². The van der Waals surface area contributed by atoms with Crippen molar-refractivity contribution in [2.75, 3.05) is 7.11 Å². The molecule has 8 heteroatoms. The third-order valence-corrected chi connectivity index (χ3v) is 3.11. The molecule has 0 aromatic heterocycles. The molecule has 1 aliphatic heterocycles. The van der Waals surface area contributed by atoms with Crippen LogP contribution in [0.25, 0.3) is 0 Å². The number of hydrogen-bond acceptors (Lipinski definition) is 8. The summed E-state index contributed by atoms with van der Waals surface area (Å²) in [6.07, 6.45) is -7.90. The average molecular weight is 300 g/mol. The number of aromatic hydroxyl groups is 1. The lowest BCUT2D eigenvalue weighted by molar-refractivity contribution is -0.272. The number of hydrogen-bond donors (Lipinski definition) is 4. The van der Waals surface area contributed by atoms with E-state index in [-0.39, 0.29) is 11.5 Å². The number of aliphatic hydroxyl groups excluding tert-OH is 3. The van der Waals surface area contributed by atoms with E-state index in [0.29, 0.717) is 0 Å². The van der Waals surface area contributed by atoms with E-state index in [9.17, 15) is 25.2 Å². The van der Waals surface area contributed by atoms with Gasteiger partial charge in [-0.3, -0.25) is 0 Å². The molecule has 21 heavy (non-hydrogen) atoms. The minimum Gasteiger partial charge on any atom is -0.504 e. The quantitative estimate of drug-likeness (QED) is 0.510. The Labute approximate surface area is 120 Å². The number of para-hydroxylation sites is 2. The molecule has 0 amide bonds. The van der Waals surface area contributed by atoms with Gasteiger partial charge in [0.2, 0.25) is 6.29 Å². The van der Waals surface area contributed by atoms with Crippen molar-refractivity contribution < 1.29 is 39.4 Å². The molecule has 1 aromatic rings. The predicted molar refractivity (Wildman–Crippen MR) is 67.4 cm³/mol. The molecule has 4 N–H and O–H groups in total. The smallest absolute Gasteiger partial charge is 0.337 e. The van der Waals surface area contributed by atoms with Crippen molar-refractivity contribution in [2.24, 2.45) is 0 Å². The van der Waals surface area contributed by atoms with Crippen LogP contribution in [0.3, 0.4) is 0 Å². The topological polar surface area (TPSA) is 126 Å². The number of aliphatic hydroxyl groups is 3. The monoisotopic (exact) mass is 300 g/mol. The second-order valence-corrected chi connectivity index (χ2v) is 4.51. The van der Waals surface area contributed by atoms with Crippen LogP contribution < -0.4 is 4.74 Å². The zero-order valence-corrected chi connectivity index (χ0v) is 11.1. The Hall–Kier alpha value is -1.87. The zero-order valence-electron chi connectivity index (χ0n) is 11.1. The van der Waals surface area contributed by atoms with Gasteiger partial charge in [-0.2, -0.15) is 0 Å². The van der Waals surface area contributed by atoms with Gasteiger partial charge in [0.05, 0.1) is 7.11 Å². The lowest BCUT2D eigenvalue weighted by Crippen LogP contribution is -2.61. The van der Waals surface area contributed by atoms with E-state index < -0.39 is 36.7 Å². The minimum atomic E-state index is -1.67. The summed E-state index contributed by atoms with van der Waals surface area (Å²) in [5.41, 5.74) is 0. The van der Waals surface area contributed by atoms with E-state index >= 15 is 0 Å².